The molecule has 134 valence electrons. The first-order chi connectivity index (χ1) is 11.4. The Morgan fingerprint density at radius 2 is 2.00 bits per heavy atom. The molecule has 0 bridgehead atoms. The Kier molecular flexibility index (Phi) is 8.60. The van der Waals surface area contributed by atoms with Gasteiger partial charge in [-0.2, -0.15) is 0 Å². The van der Waals surface area contributed by atoms with E-state index in [4.69, 9.17) is 14.2 Å². The van der Waals surface area contributed by atoms with Gasteiger partial charge in [-0.1, -0.05) is 13.3 Å². The molecule has 0 unspecified atom stereocenters. The summed E-state index contributed by atoms with van der Waals surface area (Å²) in [5.41, 5.74) is 0.278. The lowest BCUT2D eigenvalue weighted by atomic mass is 10.2. The van der Waals surface area contributed by atoms with Gasteiger partial charge in [-0.3, -0.25) is 4.79 Å². The zero-order chi connectivity index (χ0) is 18.1. The number of halogens is 1. The largest absolute Gasteiger partial charge is 0.492 e. The van der Waals surface area contributed by atoms with Crippen LogP contribution in [0.1, 0.15) is 44.0 Å². The molecular formula is C17H24BrNO5. The van der Waals surface area contributed by atoms with Crippen LogP contribution in [-0.4, -0.2) is 38.2 Å². The second kappa shape index (κ2) is 10.2. The average molecular weight is 402 g/mol. The maximum Gasteiger partial charge on any atom is 0.338 e. The van der Waals surface area contributed by atoms with E-state index < -0.39 is 5.97 Å². The SMILES string of the molecule is CCC[C@H](C)NC(=O)COC(=O)c1cc(Br)c(OC)c(OCC)c1. The van der Waals surface area contributed by atoms with E-state index in [1.807, 2.05) is 20.8 Å². The quantitative estimate of drug-likeness (QED) is 0.642. The van der Waals surface area contributed by atoms with Crippen LogP contribution in [0, 0.1) is 0 Å². The van der Waals surface area contributed by atoms with E-state index in [9.17, 15) is 9.59 Å². The minimum atomic E-state index is -0.599. The summed E-state index contributed by atoms with van der Waals surface area (Å²) in [4.78, 5) is 23.9. The molecule has 1 amide bonds. The second-order valence-electron chi connectivity index (χ2n) is 5.26. The maximum absolute atomic E-state index is 12.1. The highest BCUT2D eigenvalue weighted by Gasteiger charge is 2.17. The molecule has 0 aliphatic rings. The highest BCUT2D eigenvalue weighted by Crippen LogP contribution is 2.36. The van der Waals surface area contributed by atoms with Gasteiger partial charge in [0, 0.05) is 6.04 Å². The molecule has 1 aromatic rings. The summed E-state index contributed by atoms with van der Waals surface area (Å²) in [6.45, 7) is 5.90. The van der Waals surface area contributed by atoms with Crippen molar-refractivity contribution in [2.24, 2.45) is 0 Å². The van der Waals surface area contributed by atoms with Crippen LogP contribution < -0.4 is 14.8 Å². The van der Waals surface area contributed by atoms with Crippen LogP contribution in [-0.2, 0) is 9.53 Å². The van der Waals surface area contributed by atoms with Crippen LogP contribution in [0.4, 0.5) is 0 Å². The monoisotopic (exact) mass is 401 g/mol. The van der Waals surface area contributed by atoms with Crippen LogP contribution in [0.5, 0.6) is 11.5 Å². The molecule has 0 radical (unpaired) electrons. The Balaban J connectivity index is 2.72. The molecule has 0 spiro atoms. The Labute approximate surface area is 151 Å². The fraction of sp³-hybridized carbons (Fsp3) is 0.529. The van der Waals surface area contributed by atoms with E-state index in [0.29, 0.717) is 22.6 Å². The third-order valence-electron chi connectivity index (χ3n) is 3.21. The number of carbonyl (C=O) groups is 2. The first kappa shape index (κ1) is 20.3. The summed E-state index contributed by atoms with van der Waals surface area (Å²) in [5.74, 6) is 0.0152. The fourth-order valence-corrected chi connectivity index (χ4v) is 2.79. The lowest BCUT2D eigenvalue weighted by molar-refractivity contribution is -0.124. The topological polar surface area (TPSA) is 73.9 Å². The van der Waals surface area contributed by atoms with Gasteiger partial charge in [0.2, 0.25) is 0 Å². The van der Waals surface area contributed by atoms with Crippen molar-refractivity contribution in [1.29, 1.82) is 0 Å². The number of benzene rings is 1. The van der Waals surface area contributed by atoms with Gasteiger partial charge in [0.15, 0.2) is 18.1 Å². The van der Waals surface area contributed by atoms with Crippen molar-refractivity contribution in [1.82, 2.24) is 5.32 Å². The van der Waals surface area contributed by atoms with E-state index in [-0.39, 0.29) is 24.1 Å². The van der Waals surface area contributed by atoms with Gasteiger partial charge < -0.3 is 19.5 Å². The summed E-state index contributed by atoms with van der Waals surface area (Å²) in [7, 11) is 1.52. The molecule has 0 aliphatic carbocycles. The zero-order valence-corrected chi connectivity index (χ0v) is 16.1. The predicted octanol–water partition coefficient (Wildman–Crippen LogP) is 3.32. The van der Waals surface area contributed by atoms with Gasteiger partial charge in [-0.05, 0) is 48.3 Å². The normalized spacial score (nSPS) is 11.5. The highest BCUT2D eigenvalue weighted by atomic mass is 79.9. The molecule has 1 N–H and O–H groups in total. The summed E-state index contributed by atoms with van der Waals surface area (Å²) >= 11 is 3.33. The van der Waals surface area contributed by atoms with E-state index in [1.165, 1.54) is 13.2 Å². The van der Waals surface area contributed by atoms with Crippen molar-refractivity contribution in [2.45, 2.75) is 39.7 Å². The Hall–Kier alpha value is -1.76. The first-order valence-corrected chi connectivity index (χ1v) is 8.68. The standard InChI is InChI=1S/C17H24BrNO5/c1-5-7-11(3)19-15(20)10-24-17(21)12-8-13(18)16(22-4)14(9-12)23-6-2/h8-9,11H,5-7,10H2,1-4H3,(H,19,20)/t11-/m0/s1. The van der Waals surface area contributed by atoms with Crippen molar-refractivity contribution >= 4 is 27.8 Å². The summed E-state index contributed by atoms with van der Waals surface area (Å²) < 4.78 is 16.3. The molecule has 24 heavy (non-hydrogen) atoms. The van der Waals surface area contributed by atoms with Crippen molar-refractivity contribution in [2.75, 3.05) is 20.3 Å². The van der Waals surface area contributed by atoms with Crippen molar-refractivity contribution in [3.05, 3.63) is 22.2 Å². The Bertz CT molecular complexity index is 576. The Morgan fingerprint density at radius 1 is 1.29 bits per heavy atom. The molecule has 1 aromatic carbocycles. The predicted molar refractivity (Wildman–Crippen MR) is 94.7 cm³/mol. The van der Waals surface area contributed by atoms with Crippen molar-refractivity contribution in [3.8, 4) is 11.5 Å². The van der Waals surface area contributed by atoms with Gasteiger partial charge in [0.05, 0.1) is 23.8 Å². The molecule has 0 saturated heterocycles. The first-order valence-electron chi connectivity index (χ1n) is 7.89. The number of ether oxygens (including phenoxy) is 3. The number of amides is 1. The second-order valence-corrected chi connectivity index (χ2v) is 6.11. The third kappa shape index (κ3) is 6.03. The molecule has 7 heteroatoms. The van der Waals surface area contributed by atoms with Gasteiger partial charge in [-0.15, -0.1) is 0 Å². The van der Waals surface area contributed by atoms with Gasteiger partial charge in [0.1, 0.15) is 0 Å². The lowest BCUT2D eigenvalue weighted by Gasteiger charge is -2.14. The third-order valence-corrected chi connectivity index (χ3v) is 3.80. The minimum Gasteiger partial charge on any atom is -0.492 e. The number of hydrogen-bond donors (Lipinski definition) is 1. The zero-order valence-electron chi connectivity index (χ0n) is 14.5. The molecule has 0 saturated carbocycles. The Morgan fingerprint density at radius 3 is 2.58 bits per heavy atom. The van der Waals surface area contributed by atoms with Crippen LogP contribution >= 0.6 is 15.9 Å². The average Bonchev–Trinajstić information content (AvgIpc) is 2.52. The number of esters is 1. The molecule has 0 heterocycles. The number of carbonyl (C=O) groups excluding carboxylic acids is 2. The molecule has 1 atom stereocenters. The smallest absolute Gasteiger partial charge is 0.338 e. The van der Waals surface area contributed by atoms with Crippen LogP contribution in [0.3, 0.4) is 0 Å². The van der Waals surface area contributed by atoms with Gasteiger partial charge in [-0.25, -0.2) is 4.79 Å². The van der Waals surface area contributed by atoms with Crippen molar-refractivity contribution in [3.63, 3.8) is 0 Å². The highest BCUT2D eigenvalue weighted by molar-refractivity contribution is 9.10. The van der Waals surface area contributed by atoms with E-state index >= 15 is 0 Å². The van der Waals surface area contributed by atoms with E-state index in [1.54, 1.807) is 6.07 Å². The molecular weight excluding hydrogens is 378 g/mol. The maximum atomic E-state index is 12.1. The van der Waals surface area contributed by atoms with E-state index in [0.717, 1.165) is 12.8 Å². The van der Waals surface area contributed by atoms with Crippen molar-refractivity contribution < 1.29 is 23.8 Å². The van der Waals surface area contributed by atoms with Gasteiger partial charge in [0.25, 0.3) is 5.91 Å². The summed E-state index contributed by atoms with van der Waals surface area (Å²) in [6.07, 6.45) is 1.85. The number of hydrogen-bond acceptors (Lipinski definition) is 5. The molecule has 0 aliphatic heterocycles. The number of rotatable bonds is 9. The summed E-state index contributed by atoms with van der Waals surface area (Å²) in [5, 5.41) is 2.78. The lowest BCUT2D eigenvalue weighted by Crippen LogP contribution is -2.35. The molecule has 0 aromatic heterocycles. The van der Waals surface area contributed by atoms with Crippen LogP contribution in [0.15, 0.2) is 16.6 Å². The molecule has 1 rings (SSSR count). The van der Waals surface area contributed by atoms with Crippen LogP contribution in [0.2, 0.25) is 0 Å². The molecule has 0 fully saturated rings. The molecule has 6 nitrogen and oxygen atoms in total. The number of methoxy groups -OCH3 is 1. The van der Waals surface area contributed by atoms with E-state index in [2.05, 4.69) is 21.2 Å². The van der Waals surface area contributed by atoms with Crippen LogP contribution in [0.25, 0.3) is 0 Å². The number of nitrogens with one attached hydrogen (secondary N) is 1. The summed E-state index contributed by atoms with van der Waals surface area (Å²) in [6, 6.07) is 3.16. The van der Waals surface area contributed by atoms with Gasteiger partial charge >= 0.3 is 5.97 Å². The fourth-order valence-electron chi connectivity index (χ4n) is 2.18. The minimum absolute atomic E-state index is 0.0564.